The Bertz CT molecular complexity index is 625. The molecular formula is C12H16FN3O2S2. The van der Waals surface area contributed by atoms with Gasteiger partial charge in [-0.15, -0.1) is 0 Å². The van der Waals surface area contributed by atoms with Crippen molar-refractivity contribution >= 4 is 27.2 Å². The number of nitrogens with two attached hydrogens (primary N) is 1. The molecule has 1 fully saturated rings. The van der Waals surface area contributed by atoms with Crippen LogP contribution in [0.1, 0.15) is 19.8 Å². The monoisotopic (exact) mass is 317 g/mol. The molecule has 1 aromatic heterocycles. The lowest BCUT2D eigenvalue weighted by atomic mass is 9.81. The normalized spacial score (nSPS) is 19.7. The van der Waals surface area contributed by atoms with Gasteiger partial charge in [0.2, 0.25) is 5.03 Å². The molecule has 0 unspecified atom stereocenters. The number of sulfonamides is 1. The third kappa shape index (κ3) is 2.68. The van der Waals surface area contributed by atoms with Crippen molar-refractivity contribution < 1.29 is 12.8 Å². The van der Waals surface area contributed by atoms with Gasteiger partial charge in [-0.3, -0.25) is 0 Å². The maximum Gasteiger partial charge on any atom is 0.263 e. The summed E-state index contributed by atoms with van der Waals surface area (Å²) in [7, 11) is -3.91. The first-order valence-corrected chi connectivity index (χ1v) is 8.03. The molecule has 1 saturated heterocycles. The highest BCUT2D eigenvalue weighted by molar-refractivity contribution is 7.89. The van der Waals surface area contributed by atoms with Gasteiger partial charge in [0.25, 0.3) is 10.0 Å². The van der Waals surface area contributed by atoms with Crippen LogP contribution in [0.15, 0.2) is 23.4 Å². The van der Waals surface area contributed by atoms with Gasteiger partial charge in [0, 0.05) is 24.7 Å². The summed E-state index contributed by atoms with van der Waals surface area (Å²) in [5.41, 5.74) is 5.34. The lowest BCUT2D eigenvalue weighted by Gasteiger charge is -2.37. The van der Waals surface area contributed by atoms with E-state index in [1.54, 1.807) is 0 Å². The second-order valence-corrected chi connectivity index (χ2v) is 7.41. The Morgan fingerprint density at radius 1 is 1.50 bits per heavy atom. The Hall–Kier alpha value is -1.12. The third-order valence-electron chi connectivity index (χ3n) is 3.73. The van der Waals surface area contributed by atoms with Crippen molar-refractivity contribution in [3.8, 4) is 0 Å². The Labute approximate surface area is 123 Å². The lowest BCUT2D eigenvalue weighted by molar-refractivity contribution is 0.243. The van der Waals surface area contributed by atoms with Crippen LogP contribution in [0.3, 0.4) is 0 Å². The van der Waals surface area contributed by atoms with Crippen LogP contribution in [0.5, 0.6) is 0 Å². The average Bonchev–Trinajstić information content (AvgIpc) is 2.39. The number of halogens is 1. The SMILES string of the molecule is CC1(C(N)=S)CCN(S(=O)(=O)c2ncccc2F)CC1. The van der Waals surface area contributed by atoms with E-state index in [2.05, 4.69) is 4.98 Å². The van der Waals surface area contributed by atoms with Gasteiger partial charge < -0.3 is 5.73 Å². The van der Waals surface area contributed by atoms with Gasteiger partial charge in [-0.1, -0.05) is 19.1 Å². The minimum absolute atomic E-state index is 0.256. The maximum absolute atomic E-state index is 13.6. The van der Waals surface area contributed by atoms with Crippen LogP contribution in [0, 0.1) is 11.2 Å². The molecule has 0 spiro atoms. The Morgan fingerprint density at radius 3 is 2.60 bits per heavy atom. The summed E-state index contributed by atoms with van der Waals surface area (Å²) in [6, 6.07) is 2.44. The molecule has 8 heteroatoms. The smallest absolute Gasteiger partial charge is 0.263 e. The first kappa shape index (κ1) is 15.3. The summed E-state index contributed by atoms with van der Waals surface area (Å²) in [6.45, 7) is 2.43. The van der Waals surface area contributed by atoms with Gasteiger partial charge in [-0.2, -0.15) is 4.31 Å². The molecule has 0 amide bonds. The first-order valence-electron chi connectivity index (χ1n) is 6.18. The topological polar surface area (TPSA) is 76.3 Å². The van der Waals surface area contributed by atoms with Gasteiger partial charge in [0.05, 0.1) is 4.99 Å². The molecule has 20 heavy (non-hydrogen) atoms. The van der Waals surface area contributed by atoms with Crippen LogP contribution in [0.4, 0.5) is 4.39 Å². The van der Waals surface area contributed by atoms with Crippen molar-refractivity contribution in [3.05, 3.63) is 24.1 Å². The second kappa shape index (κ2) is 5.34. The molecule has 1 aliphatic heterocycles. The second-order valence-electron chi connectivity index (χ2n) is 5.12. The minimum Gasteiger partial charge on any atom is -0.393 e. The summed E-state index contributed by atoms with van der Waals surface area (Å²) < 4.78 is 39.5. The molecule has 0 radical (unpaired) electrons. The van der Waals surface area contributed by atoms with Crippen LogP contribution < -0.4 is 5.73 Å². The number of hydrogen-bond donors (Lipinski definition) is 1. The minimum atomic E-state index is -3.91. The predicted octanol–water partition coefficient (Wildman–Crippen LogP) is 1.30. The zero-order valence-corrected chi connectivity index (χ0v) is 12.7. The van der Waals surface area contributed by atoms with Crippen molar-refractivity contribution in [2.75, 3.05) is 13.1 Å². The number of pyridine rings is 1. The highest BCUT2D eigenvalue weighted by Gasteiger charge is 2.38. The van der Waals surface area contributed by atoms with Crippen LogP contribution in [-0.4, -0.2) is 35.8 Å². The van der Waals surface area contributed by atoms with Crippen LogP contribution in [0.25, 0.3) is 0 Å². The Balaban J connectivity index is 2.22. The lowest BCUT2D eigenvalue weighted by Crippen LogP contribution is -2.46. The van der Waals surface area contributed by atoms with Crippen LogP contribution in [0.2, 0.25) is 0 Å². The Kier molecular flexibility index (Phi) is 4.08. The number of aromatic nitrogens is 1. The van der Waals surface area contributed by atoms with Gasteiger partial charge >= 0.3 is 0 Å². The van der Waals surface area contributed by atoms with Crippen molar-refractivity contribution in [1.82, 2.24) is 9.29 Å². The van der Waals surface area contributed by atoms with Crippen molar-refractivity contribution in [3.63, 3.8) is 0 Å². The van der Waals surface area contributed by atoms with E-state index in [-0.39, 0.29) is 18.5 Å². The molecular weight excluding hydrogens is 301 g/mol. The Morgan fingerprint density at radius 2 is 2.10 bits per heavy atom. The molecule has 2 N–H and O–H groups in total. The number of nitrogens with zero attached hydrogens (tertiary/aromatic N) is 2. The maximum atomic E-state index is 13.6. The van der Waals surface area contributed by atoms with E-state index in [0.717, 1.165) is 6.07 Å². The van der Waals surface area contributed by atoms with E-state index >= 15 is 0 Å². The van der Waals surface area contributed by atoms with E-state index in [1.165, 1.54) is 16.6 Å². The molecule has 2 heterocycles. The molecule has 5 nitrogen and oxygen atoms in total. The zero-order chi connectivity index (χ0) is 15.0. The molecule has 0 aromatic carbocycles. The number of rotatable bonds is 3. The van der Waals surface area contributed by atoms with E-state index < -0.39 is 20.9 Å². The standard InChI is InChI=1S/C12H16FN3O2S2/c1-12(11(14)19)4-7-16(8-5-12)20(17,18)10-9(13)3-2-6-15-10/h2-3,6H,4-5,7-8H2,1H3,(H2,14,19). The van der Waals surface area contributed by atoms with E-state index in [0.29, 0.717) is 17.8 Å². The molecule has 0 bridgehead atoms. The molecule has 1 aliphatic rings. The summed E-state index contributed by atoms with van der Waals surface area (Å²) in [5, 5.41) is -0.529. The quantitative estimate of drug-likeness (QED) is 0.850. The predicted molar refractivity (Wildman–Crippen MR) is 77.1 cm³/mol. The van der Waals surface area contributed by atoms with Crippen LogP contribution in [-0.2, 0) is 10.0 Å². The van der Waals surface area contributed by atoms with Gasteiger partial charge in [-0.25, -0.2) is 17.8 Å². The van der Waals surface area contributed by atoms with Crippen LogP contribution >= 0.6 is 12.2 Å². The summed E-state index contributed by atoms with van der Waals surface area (Å²) in [5.74, 6) is -0.838. The van der Waals surface area contributed by atoms with Gasteiger partial charge in [0.15, 0.2) is 5.82 Å². The van der Waals surface area contributed by atoms with Gasteiger partial charge in [0.1, 0.15) is 0 Å². The largest absolute Gasteiger partial charge is 0.393 e. The van der Waals surface area contributed by atoms with E-state index in [1.807, 2.05) is 6.92 Å². The average molecular weight is 317 g/mol. The van der Waals surface area contributed by atoms with Crippen molar-refractivity contribution in [2.24, 2.45) is 11.1 Å². The molecule has 2 rings (SSSR count). The summed E-state index contributed by atoms with van der Waals surface area (Å²) in [6.07, 6.45) is 2.31. The highest BCUT2D eigenvalue weighted by Crippen LogP contribution is 2.33. The molecule has 0 aliphatic carbocycles. The van der Waals surface area contributed by atoms with Gasteiger partial charge in [-0.05, 0) is 25.0 Å². The fourth-order valence-electron chi connectivity index (χ4n) is 2.15. The summed E-state index contributed by atoms with van der Waals surface area (Å²) in [4.78, 5) is 4.03. The molecule has 1 aromatic rings. The van der Waals surface area contributed by atoms with E-state index in [9.17, 15) is 12.8 Å². The fraction of sp³-hybridized carbons (Fsp3) is 0.500. The highest BCUT2D eigenvalue weighted by atomic mass is 32.2. The van der Waals surface area contributed by atoms with E-state index in [4.69, 9.17) is 18.0 Å². The van der Waals surface area contributed by atoms with Crippen molar-refractivity contribution in [1.29, 1.82) is 0 Å². The molecule has 0 atom stereocenters. The number of thiocarbonyl (C=S) groups is 1. The fourth-order valence-corrected chi connectivity index (χ4v) is 3.77. The van der Waals surface area contributed by atoms with Crippen molar-refractivity contribution in [2.45, 2.75) is 24.8 Å². The molecule has 0 saturated carbocycles. The third-order valence-corrected chi connectivity index (χ3v) is 6.06. The molecule has 110 valence electrons. The first-order chi connectivity index (χ1) is 9.27. The number of hydrogen-bond acceptors (Lipinski definition) is 4. The zero-order valence-electron chi connectivity index (χ0n) is 11.0. The number of piperidine rings is 1. The summed E-state index contributed by atoms with van der Waals surface area (Å²) >= 11 is 5.01.